The number of rotatable bonds is 3. The molecule has 0 aliphatic carbocycles. The van der Waals surface area contributed by atoms with Crippen LogP contribution in [-0.2, 0) is 4.74 Å². The Balaban J connectivity index is 1.43. The molecule has 140 valence electrons. The lowest BCUT2D eigenvalue weighted by atomic mass is 10.1. The number of benzene rings is 1. The van der Waals surface area contributed by atoms with Crippen molar-refractivity contribution in [2.24, 2.45) is 0 Å². The smallest absolute Gasteiger partial charge is 0.316 e. The number of hydrogen-bond acceptors (Lipinski definition) is 7. The van der Waals surface area contributed by atoms with Gasteiger partial charge in [-0.2, -0.15) is 10.1 Å². The number of hydrogen-bond donors (Lipinski definition) is 0. The predicted molar refractivity (Wildman–Crippen MR) is 98.4 cm³/mol. The zero-order valence-corrected chi connectivity index (χ0v) is 14.9. The summed E-state index contributed by atoms with van der Waals surface area (Å²) >= 11 is 0. The fourth-order valence-corrected chi connectivity index (χ4v) is 3.12. The molecule has 9 heteroatoms. The van der Waals surface area contributed by atoms with E-state index in [-0.39, 0.29) is 11.8 Å². The second kappa shape index (κ2) is 6.86. The molecule has 28 heavy (non-hydrogen) atoms. The SMILES string of the molecule is O=C(c1nc(-c2cccc(-c3cn4ncccc4n3)c2)no1)N1CCOCC1. The van der Waals surface area contributed by atoms with Crippen LogP contribution in [0.25, 0.3) is 28.3 Å². The Labute approximate surface area is 159 Å². The molecule has 0 atom stereocenters. The molecule has 0 saturated carbocycles. The zero-order chi connectivity index (χ0) is 18.9. The molecule has 1 saturated heterocycles. The summed E-state index contributed by atoms with van der Waals surface area (Å²) in [6.07, 6.45) is 3.57. The molecule has 3 aromatic heterocycles. The van der Waals surface area contributed by atoms with Gasteiger partial charge in [0.1, 0.15) is 0 Å². The minimum Gasteiger partial charge on any atom is -0.378 e. The highest BCUT2D eigenvalue weighted by molar-refractivity contribution is 5.90. The van der Waals surface area contributed by atoms with Crippen molar-refractivity contribution in [3.8, 4) is 22.6 Å². The average molecular weight is 376 g/mol. The molecule has 9 nitrogen and oxygen atoms in total. The number of fused-ring (bicyclic) bond motifs is 1. The van der Waals surface area contributed by atoms with Crippen molar-refractivity contribution in [2.75, 3.05) is 26.3 Å². The standard InChI is InChI=1S/C19H16N6O3/c26-19(24-7-9-27-10-8-24)18-22-17(23-28-18)14-4-1-3-13(11-14)15-12-25-16(21-15)5-2-6-20-25/h1-6,11-12H,7-10H2. The fraction of sp³-hybridized carbons (Fsp3) is 0.211. The van der Waals surface area contributed by atoms with Gasteiger partial charge in [0.2, 0.25) is 5.82 Å². The largest absolute Gasteiger partial charge is 0.378 e. The van der Waals surface area contributed by atoms with Gasteiger partial charge in [-0.3, -0.25) is 4.79 Å². The lowest BCUT2D eigenvalue weighted by Gasteiger charge is -2.25. The van der Waals surface area contributed by atoms with Gasteiger partial charge in [0.15, 0.2) is 5.65 Å². The van der Waals surface area contributed by atoms with Crippen molar-refractivity contribution < 1.29 is 14.1 Å². The van der Waals surface area contributed by atoms with Gasteiger partial charge in [0.25, 0.3) is 0 Å². The molecule has 1 aromatic carbocycles. The first-order valence-corrected chi connectivity index (χ1v) is 8.90. The Bertz CT molecular complexity index is 1110. The second-order valence-electron chi connectivity index (χ2n) is 6.36. The van der Waals surface area contributed by atoms with Gasteiger partial charge in [-0.05, 0) is 18.2 Å². The molecular weight excluding hydrogens is 360 g/mol. The highest BCUT2D eigenvalue weighted by atomic mass is 16.5. The van der Waals surface area contributed by atoms with Crippen LogP contribution in [0.5, 0.6) is 0 Å². The van der Waals surface area contributed by atoms with Crippen LogP contribution in [0.3, 0.4) is 0 Å². The van der Waals surface area contributed by atoms with E-state index in [9.17, 15) is 4.79 Å². The number of aromatic nitrogens is 5. The highest BCUT2D eigenvalue weighted by Gasteiger charge is 2.24. The summed E-state index contributed by atoms with van der Waals surface area (Å²) in [7, 11) is 0. The summed E-state index contributed by atoms with van der Waals surface area (Å²) in [5, 5.41) is 8.22. The molecule has 0 unspecified atom stereocenters. The van der Waals surface area contributed by atoms with E-state index in [1.165, 1.54) is 0 Å². The summed E-state index contributed by atoms with van der Waals surface area (Å²) < 4.78 is 12.2. The van der Waals surface area contributed by atoms with Crippen LogP contribution in [0.2, 0.25) is 0 Å². The van der Waals surface area contributed by atoms with E-state index in [0.717, 1.165) is 22.5 Å². The zero-order valence-electron chi connectivity index (χ0n) is 14.9. The van der Waals surface area contributed by atoms with Crippen LogP contribution in [0, 0.1) is 0 Å². The number of carbonyl (C=O) groups is 1. The maximum Gasteiger partial charge on any atom is 0.316 e. The predicted octanol–water partition coefficient (Wildman–Crippen LogP) is 1.92. The van der Waals surface area contributed by atoms with Crippen molar-refractivity contribution >= 4 is 11.6 Å². The fourth-order valence-electron chi connectivity index (χ4n) is 3.12. The first-order chi connectivity index (χ1) is 13.8. The number of carbonyl (C=O) groups excluding carboxylic acids is 1. The molecule has 1 aliphatic heterocycles. The molecule has 0 N–H and O–H groups in total. The van der Waals surface area contributed by atoms with Gasteiger partial charge in [0.05, 0.1) is 25.1 Å². The quantitative estimate of drug-likeness (QED) is 0.539. The van der Waals surface area contributed by atoms with Crippen molar-refractivity contribution in [3.05, 3.63) is 54.7 Å². The Hall–Kier alpha value is -3.59. The maximum atomic E-state index is 12.5. The highest BCUT2D eigenvalue weighted by Crippen LogP contribution is 2.24. The number of ether oxygens (including phenoxy) is 1. The topological polar surface area (TPSA) is 98.7 Å². The van der Waals surface area contributed by atoms with Gasteiger partial charge in [0, 0.05) is 30.4 Å². The maximum absolute atomic E-state index is 12.5. The minimum atomic E-state index is -0.273. The summed E-state index contributed by atoms with van der Waals surface area (Å²) in [6.45, 7) is 2.08. The van der Waals surface area contributed by atoms with Gasteiger partial charge < -0.3 is 14.2 Å². The van der Waals surface area contributed by atoms with E-state index >= 15 is 0 Å². The summed E-state index contributed by atoms with van der Waals surface area (Å²) in [5.41, 5.74) is 3.19. The summed E-state index contributed by atoms with van der Waals surface area (Å²) in [6, 6.07) is 11.4. The lowest BCUT2D eigenvalue weighted by molar-refractivity contribution is 0.0272. The third kappa shape index (κ3) is 3.01. The van der Waals surface area contributed by atoms with Gasteiger partial charge in [-0.1, -0.05) is 23.4 Å². The van der Waals surface area contributed by atoms with E-state index in [1.54, 1.807) is 15.6 Å². The molecule has 1 aliphatic rings. The van der Waals surface area contributed by atoms with Crippen LogP contribution < -0.4 is 0 Å². The molecule has 5 rings (SSSR count). The van der Waals surface area contributed by atoms with Crippen molar-refractivity contribution in [3.63, 3.8) is 0 Å². The van der Waals surface area contributed by atoms with E-state index in [2.05, 4.69) is 20.2 Å². The van der Waals surface area contributed by atoms with Crippen molar-refractivity contribution in [2.45, 2.75) is 0 Å². The molecule has 0 bridgehead atoms. The number of imidazole rings is 1. The molecule has 4 aromatic rings. The average Bonchev–Trinajstić information content (AvgIpc) is 3.41. The third-order valence-electron chi connectivity index (χ3n) is 4.56. The van der Waals surface area contributed by atoms with Crippen LogP contribution in [0.1, 0.15) is 10.7 Å². The molecule has 1 amide bonds. The summed E-state index contributed by atoms with van der Waals surface area (Å²) in [5.74, 6) is 0.0733. The Morgan fingerprint density at radius 3 is 2.75 bits per heavy atom. The van der Waals surface area contributed by atoms with E-state index < -0.39 is 0 Å². The minimum absolute atomic E-state index is 0.0146. The Morgan fingerprint density at radius 1 is 1.04 bits per heavy atom. The molecule has 0 radical (unpaired) electrons. The Kier molecular flexibility index (Phi) is 4.06. The number of morpholine rings is 1. The van der Waals surface area contributed by atoms with Crippen LogP contribution in [-0.4, -0.2) is 61.8 Å². The summed E-state index contributed by atoms with van der Waals surface area (Å²) in [4.78, 5) is 23.0. The second-order valence-corrected chi connectivity index (χ2v) is 6.36. The lowest BCUT2D eigenvalue weighted by Crippen LogP contribution is -2.40. The monoisotopic (exact) mass is 376 g/mol. The van der Waals surface area contributed by atoms with E-state index in [4.69, 9.17) is 9.26 Å². The van der Waals surface area contributed by atoms with Gasteiger partial charge in [-0.25, -0.2) is 9.50 Å². The van der Waals surface area contributed by atoms with Crippen LogP contribution in [0.4, 0.5) is 0 Å². The molecule has 0 spiro atoms. The van der Waals surface area contributed by atoms with Crippen molar-refractivity contribution in [1.29, 1.82) is 0 Å². The first kappa shape index (κ1) is 16.6. The van der Waals surface area contributed by atoms with Crippen LogP contribution >= 0.6 is 0 Å². The number of nitrogens with zero attached hydrogens (tertiary/aromatic N) is 6. The van der Waals surface area contributed by atoms with E-state index in [1.807, 2.05) is 42.6 Å². The van der Waals surface area contributed by atoms with E-state index in [0.29, 0.717) is 32.1 Å². The van der Waals surface area contributed by atoms with Gasteiger partial charge >= 0.3 is 11.8 Å². The van der Waals surface area contributed by atoms with Crippen molar-refractivity contribution in [1.82, 2.24) is 29.6 Å². The van der Waals surface area contributed by atoms with Gasteiger partial charge in [-0.15, -0.1) is 0 Å². The molecular formula is C19H16N6O3. The molecule has 4 heterocycles. The van der Waals surface area contributed by atoms with Crippen LogP contribution in [0.15, 0.2) is 53.3 Å². The third-order valence-corrected chi connectivity index (χ3v) is 4.56. The first-order valence-electron chi connectivity index (χ1n) is 8.90. The Morgan fingerprint density at radius 2 is 1.89 bits per heavy atom. The molecule has 1 fully saturated rings. The number of amides is 1. The normalized spacial score (nSPS) is 14.5.